The second-order valence-electron chi connectivity index (χ2n) is 6.57. The zero-order valence-corrected chi connectivity index (χ0v) is 14.2. The van der Waals surface area contributed by atoms with E-state index in [0.717, 1.165) is 59.3 Å². The number of para-hydroxylation sites is 1. The van der Waals surface area contributed by atoms with Crippen molar-refractivity contribution in [3.8, 4) is 0 Å². The highest BCUT2D eigenvalue weighted by Crippen LogP contribution is 2.29. The first-order chi connectivity index (χ1) is 11.2. The Hall–Kier alpha value is -1.94. The molecular weight excluding hydrogens is 286 g/mol. The highest BCUT2D eigenvalue weighted by Gasteiger charge is 2.18. The van der Waals surface area contributed by atoms with Crippen molar-refractivity contribution < 1.29 is 5.11 Å². The van der Waals surface area contributed by atoms with Gasteiger partial charge in [-0.05, 0) is 24.8 Å². The molecule has 4 nitrogen and oxygen atoms in total. The van der Waals surface area contributed by atoms with Crippen LogP contribution in [0.25, 0.3) is 21.9 Å². The summed E-state index contributed by atoms with van der Waals surface area (Å²) in [6.07, 6.45) is 3.17. The Kier molecular flexibility index (Phi) is 4.62. The molecule has 0 bridgehead atoms. The summed E-state index contributed by atoms with van der Waals surface area (Å²) in [5.74, 6) is 1.23. The number of unbranched alkanes of at least 4 members (excludes halogenated alkanes) is 1. The van der Waals surface area contributed by atoms with Crippen molar-refractivity contribution >= 4 is 21.9 Å². The molecule has 4 heteroatoms. The summed E-state index contributed by atoms with van der Waals surface area (Å²) in [5, 5.41) is 10.9. The topological polar surface area (TPSA) is 50.9 Å². The van der Waals surface area contributed by atoms with Gasteiger partial charge >= 0.3 is 0 Å². The number of aryl methyl sites for hydroxylation is 1. The number of hydrogen-bond donors (Lipinski definition) is 1. The molecule has 0 aliphatic rings. The summed E-state index contributed by atoms with van der Waals surface area (Å²) >= 11 is 0. The summed E-state index contributed by atoms with van der Waals surface area (Å²) in [6.45, 7) is 7.38. The highest BCUT2D eigenvalue weighted by atomic mass is 16.3. The van der Waals surface area contributed by atoms with Crippen molar-refractivity contribution in [2.24, 2.45) is 5.92 Å². The van der Waals surface area contributed by atoms with Gasteiger partial charge in [-0.3, -0.25) is 4.98 Å². The van der Waals surface area contributed by atoms with E-state index in [4.69, 9.17) is 9.97 Å². The lowest BCUT2D eigenvalue weighted by molar-refractivity contribution is 0.264. The first-order valence-corrected chi connectivity index (χ1v) is 8.53. The fourth-order valence-corrected chi connectivity index (χ4v) is 3.14. The van der Waals surface area contributed by atoms with Crippen LogP contribution >= 0.6 is 0 Å². The molecule has 122 valence electrons. The zero-order chi connectivity index (χ0) is 16.4. The molecule has 0 saturated heterocycles. The van der Waals surface area contributed by atoms with Gasteiger partial charge in [-0.25, -0.2) is 4.98 Å². The van der Waals surface area contributed by atoms with E-state index >= 15 is 0 Å². The maximum Gasteiger partial charge on any atom is 0.135 e. The van der Waals surface area contributed by atoms with E-state index < -0.39 is 0 Å². The van der Waals surface area contributed by atoms with E-state index in [-0.39, 0.29) is 6.61 Å². The van der Waals surface area contributed by atoms with Crippen LogP contribution in [0.5, 0.6) is 0 Å². The molecule has 23 heavy (non-hydrogen) atoms. The number of benzene rings is 1. The van der Waals surface area contributed by atoms with Crippen LogP contribution < -0.4 is 0 Å². The van der Waals surface area contributed by atoms with Gasteiger partial charge < -0.3 is 9.67 Å². The zero-order valence-electron chi connectivity index (χ0n) is 14.2. The van der Waals surface area contributed by atoms with Crippen molar-refractivity contribution in [2.75, 3.05) is 0 Å². The third-order valence-corrected chi connectivity index (χ3v) is 4.19. The van der Waals surface area contributed by atoms with E-state index in [0.29, 0.717) is 5.92 Å². The number of nitrogens with zero attached hydrogens (tertiary/aromatic N) is 3. The van der Waals surface area contributed by atoms with Crippen molar-refractivity contribution in [1.29, 1.82) is 0 Å². The maximum atomic E-state index is 9.77. The van der Waals surface area contributed by atoms with Crippen LogP contribution in [0.3, 0.4) is 0 Å². The molecule has 0 radical (unpaired) electrons. The minimum absolute atomic E-state index is 0.0387. The Labute approximate surface area is 137 Å². The summed E-state index contributed by atoms with van der Waals surface area (Å²) in [4.78, 5) is 9.59. The molecule has 0 amide bonds. The van der Waals surface area contributed by atoms with Crippen LogP contribution in [-0.4, -0.2) is 19.6 Å². The van der Waals surface area contributed by atoms with Gasteiger partial charge in [0.25, 0.3) is 0 Å². The number of hydrogen-bond acceptors (Lipinski definition) is 3. The van der Waals surface area contributed by atoms with Gasteiger partial charge in [0.1, 0.15) is 17.9 Å². The number of aliphatic hydroxyl groups is 1. The molecule has 0 saturated carbocycles. The van der Waals surface area contributed by atoms with Crippen LogP contribution in [0.2, 0.25) is 0 Å². The lowest BCUT2D eigenvalue weighted by atomic mass is 10.1. The Balaban J connectivity index is 2.34. The maximum absolute atomic E-state index is 9.77. The SMILES string of the molecule is CCCCc1nc2ccccc2c2c1nc(CO)n2CC(C)C. The Bertz CT molecular complexity index is 820. The molecule has 0 aliphatic heterocycles. The average Bonchev–Trinajstić information content (AvgIpc) is 2.91. The average molecular weight is 311 g/mol. The normalized spacial score (nSPS) is 11.9. The van der Waals surface area contributed by atoms with Crippen molar-refractivity contribution in [3.63, 3.8) is 0 Å². The van der Waals surface area contributed by atoms with Crippen molar-refractivity contribution in [3.05, 3.63) is 35.8 Å². The monoisotopic (exact) mass is 311 g/mol. The summed E-state index contributed by atoms with van der Waals surface area (Å²) in [5.41, 5.74) is 4.15. The van der Waals surface area contributed by atoms with Crippen LogP contribution in [0.4, 0.5) is 0 Å². The van der Waals surface area contributed by atoms with Crippen molar-refractivity contribution in [2.45, 2.75) is 53.2 Å². The molecular formula is C19H25N3O. The van der Waals surface area contributed by atoms with Gasteiger partial charge in [0.15, 0.2) is 0 Å². The van der Waals surface area contributed by atoms with E-state index in [2.05, 4.69) is 37.5 Å². The molecule has 2 heterocycles. The Morgan fingerprint density at radius 2 is 1.96 bits per heavy atom. The second kappa shape index (κ2) is 6.67. The van der Waals surface area contributed by atoms with E-state index in [1.165, 1.54) is 0 Å². The van der Waals surface area contributed by atoms with Gasteiger partial charge in [-0.15, -0.1) is 0 Å². The highest BCUT2D eigenvalue weighted by molar-refractivity contribution is 6.03. The number of rotatable bonds is 6. The molecule has 1 N–H and O–H groups in total. The Morgan fingerprint density at radius 3 is 2.65 bits per heavy atom. The standard InChI is InChI=1S/C19H25N3O/c1-4-5-9-16-18-19(14-8-6-7-10-15(14)20-16)22(11-13(2)3)17(12-23)21-18/h6-8,10,13,23H,4-5,9,11-12H2,1-3H3. The van der Waals surface area contributed by atoms with Gasteiger partial charge in [-0.2, -0.15) is 0 Å². The number of pyridine rings is 1. The quantitative estimate of drug-likeness (QED) is 0.746. The minimum atomic E-state index is -0.0387. The van der Waals surface area contributed by atoms with E-state index in [1.54, 1.807) is 0 Å². The predicted octanol–water partition coefficient (Wildman–Crippen LogP) is 4.08. The van der Waals surface area contributed by atoms with Crippen LogP contribution in [-0.2, 0) is 19.6 Å². The third-order valence-electron chi connectivity index (χ3n) is 4.19. The van der Waals surface area contributed by atoms with Gasteiger partial charge in [0.05, 0.1) is 16.7 Å². The molecule has 1 aromatic carbocycles. The van der Waals surface area contributed by atoms with E-state index in [9.17, 15) is 5.11 Å². The van der Waals surface area contributed by atoms with Gasteiger partial charge in [0, 0.05) is 11.9 Å². The molecule has 3 rings (SSSR count). The fraction of sp³-hybridized carbons (Fsp3) is 0.474. The van der Waals surface area contributed by atoms with Crippen LogP contribution in [0.15, 0.2) is 24.3 Å². The molecule has 2 aromatic heterocycles. The number of imidazole rings is 1. The third kappa shape index (κ3) is 2.95. The first-order valence-electron chi connectivity index (χ1n) is 8.53. The lowest BCUT2D eigenvalue weighted by Crippen LogP contribution is -2.09. The molecule has 0 unspecified atom stereocenters. The van der Waals surface area contributed by atoms with E-state index in [1.807, 2.05) is 12.1 Å². The molecule has 0 atom stereocenters. The summed E-state index contributed by atoms with van der Waals surface area (Å²) in [6, 6.07) is 8.24. The molecule has 0 aliphatic carbocycles. The molecule has 0 fully saturated rings. The van der Waals surface area contributed by atoms with Crippen LogP contribution in [0.1, 0.15) is 45.1 Å². The first kappa shape index (κ1) is 15.9. The summed E-state index contributed by atoms with van der Waals surface area (Å²) < 4.78 is 2.18. The van der Waals surface area contributed by atoms with Gasteiger partial charge in [0.2, 0.25) is 0 Å². The minimum Gasteiger partial charge on any atom is -0.388 e. The van der Waals surface area contributed by atoms with Crippen molar-refractivity contribution in [1.82, 2.24) is 14.5 Å². The lowest BCUT2D eigenvalue weighted by Gasteiger charge is -2.12. The number of aromatic nitrogens is 3. The fourth-order valence-electron chi connectivity index (χ4n) is 3.14. The predicted molar refractivity (Wildman–Crippen MR) is 94.4 cm³/mol. The molecule has 3 aromatic rings. The molecule has 0 spiro atoms. The largest absolute Gasteiger partial charge is 0.388 e. The van der Waals surface area contributed by atoms with Crippen LogP contribution in [0, 0.1) is 5.92 Å². The smallest absolute Gasteiger partial charge is 0.135 e. The summed E-state index contributed by atoms with van der Waals surface area (Å²) in [7, 11) is 0. The second-order valence-corrected chi connectivity index (χ2v) is 6.57. The number of fused-ring (bicyclic) bond motifs is 3. The Morgan fingerprint density at radius 1 is 1.17 bits per heavy atom. The van der Waals surface area contributed by atoms with Gasteiger partial charge in [-0.1, -0.05) is 45.4 Å². The number of aliphatic hydroxyl groups excluding tert-OH is 1.